The summed E-state index contributed by atoms with van der Waals surface area (Å²) in [5.41, 5.74) is 1.79. The zero-order valence-corrected chi connectivity index (χ0v) is 15.7. The van der Waals surface area contributed by atoms with E-state index in [2.05, 4.69) is 15.3 Å². The van der Waals surface area contributed by atoms with E-state index in [1.807, 2.05) is 37.0 Å². The van der Waals surface area contributed by atoms with Gasteiger partial charge in [-0.15, -0.1) is 15.3 Å². The summed E-state index contributed by atoms with van der Waals surface area (Å²) >= 11 is 13.7. The average molecular weight is 384 g/mol. The normalized spacial score (nSPS) is 11.0. The minimum absolute atomic E-state index is 0.519. The quantitative estimate of drug-likeness (QED) is 0.626. The van der Waals surface area contributed by atoms with Crippen LogP contribution in [0.3, 0.4) is 0 Å². The Kier molecular flexibility index (Phi) is 5.03. The Morgan fingerprint density at radius 3 is 2.71 bits per heavy atom. The molecular weight excluding hydrogens is 369 g/mol. The van der Waals surface area contributed by atoms with E-state index in [9.17, 15) is 0 Å². The molecule has 0 bridgehead atoms. The van der Waals surface area contributed by atoms with Gasteiger partial charge in [-0.2, -0.15) is 0 Å². The lowest BCUT2D eigenvalue weighted by molar-refractivity contribution is 0.393. The van der Waals surface area contributed by atoms with Crippen LogP contribution in [-0.4, -0.2) is 31.7 Å². The van der Waals surface area contributed by atoms with Crippen LogP contribution in [0, 0.1) is 0 Å². The van der Waals surface area contributed by atoms with Crippen molar-refractivity contribution in [1.29, 1.82) is 0 Å². The van der Waals surface area contributed by atoms with Crippen LogP contribution in [0.15, 0.2) is 29.6 Å². The van der Waals surface area contributed by atoms with Crippen molar-refractivity contribution in [2.75, 3.05) is 7.11 Å². The highest BCUT2D eigenvalue weighted by Gasteiger charge is 2.18. The second-order valence-electron chi connectivity index (χ2n) is 5.12. The first kappa shape index (κ1) is 17.1. The molecule has 24 heavy (non-hydrogen) atoms. The summed E-state index contributed by atoms with van der Waals surface area (Å²) in [4.78, 5) is 0. The summed E-state index contributed by atoms with van der Waals surface area (Å²) in [7, 11) is 5.33. The van der Waals surface area contributed by atoms with Crippen LogP contribution >= 0.6 is 35.0 Å². The lowest BCUT2D eigenvalue weighted by Crippen LogP contribution is -1.96. The van der Waals surface area contributed by atoms with Crippen molar-refractivity contribution >= 4 is 35.0 Å². The molecule has 6 nitrogen and oxygen atoms in total. The summed E-state index contributed by atoms with van der Waals surface area (Å²) in [6.45, 7) is 0. The maximum atomic E-state index is 6.21. The summed E-state index contributed by atoms with van der Waals surface area (Å²) in [5.74, 6) is 1.89. The molecule has 0 N–H and O–H groups in total. The maximum Gasteiger partial charge on any atom is 0.243 e. The molecule has 0 amide bonds. The van der Waals surface area contributed by atoms with Crippen molar-refractivity contribution in [2.24, 2.45) is 14.1 Å². The fourth-order valence-electron chi connectivity index (χ4n) is 2.23. The maximum absolute atomic E-state index is 6.21. The Morgan fingerprint density at radius 2 is 2.00 bits per heavy atom. The first-order valence-electron chi connectivity index (χ1n) is 7.03. The van der Waals surface area contributed by atoms with Crippen LogP contribution in [0.2, 0.25) is 10.0 Å². The topological polar surface area (TPSA) is 57.8 Å². The van der Waals surface area contributed by atoms with Crippen molar-refractivity contribution < 1.29 is 4.74 Å². The number of aromatic nitrogens is 5. The summed E-state index contributed by atoms with van der Waals surface area (Å²) in [6.07, 6.45) is 1.85. The third-order valence-electron chi connectivity index (χ3n) is 3.44. The van der Waals surface area contributed by atoms with Gasteiger partial charge >= 0.3 is 0 Å². The molecule has 0 fully saturated rings. The van der Waals surface area contributed by atoms with Gasteiger partial charge in [0.1, 0.15) is 5.56 Å². The predicted octanol–water partition coefficient (Wildman–Crippen LogP) is 3.82. The Labute approximate surface area is 153 Å². The van der Waals surface area contributed by atoms with Gasteiger partial charge in [0.2, 0.25) is 5.88 Å². The van der Waals surface area contributed by atoms with Crippen LogP contribution < -0.4 is 4.74 Å². The molecule has 0 spiro atoms. The van der Waals surface area contributed by atoms with E-state index >= 15 is 0 Å². The number of nitrogens with zero attached hydrogens (tertiary/aromatic N) is 5. The number of methoxy groups -OCH3 is 1. The second kappa shape index (κ2) is 7.04. The zero-order valence-electron chi connectivity index (χ0n) is 13.3. The highest BCUT2D eigenvalue weighted by atomic mass is 35.5. The third-order valence-corrected chi connectivity index (χ3v) is 5.09. The molecule has 9 heteroatoms. The van der Waals surface area contributed by atoms with E-state index in [0.717, 1.165) is 16.3 Å². The minimum atomic E-state index is 0.519. The SMILES string of the molecule is COc1nn(C)cc1-c1nnc(SCc2ccc(Cl)cc2Cl)n1C. The molecule has 1 aromatic carbocycles. The van der Waals surface area contributed by atoms with Crippen LogP contribution in [-0.2, 0) is 19.8 Å². The van der Waals surface area contributed by atoms with Gasteiger partial charge in [-0.3, -0.25) is 4.68 Å². The highest BCUT2D eigenvalue weighted by molar-refractivity contribution is 7.98. The van der Waals surface area contributed by atoms with Gasteiger partial charge in [0.25, 0.3) is 0 Å². The number of hydrogen-bond acceptors (Lipinski definition) is 5. The second-order valence-corrected chi connectivity index (χ2v) is 6.90. The molecule has 0 aliphatic rings. The minimum Gasteiger partial charge on any atom is -0.479 e. The van der Waals surface area contributed by atoms with Crippen molar-refractivity contribution in [3.63, 3.8) is 0 Å². The summed E-state index contributed by atoms with van der Waals surface area (Å²) < 4.78 is 8.89. The van der Waals surface area contributed by atoms with Gasteiger partial charge in [0.15, 0.2) is 11.0 Å². The number of halogens is 2. The van der Waals surface area contributed by atoms with Gasteiger partial charge in [0.05, 0.1) is 7.11 Å². The van der Waals surface area contributed by atoms with Gasteiger partial charge in [-0.05, 0) is 17.7 Å². The average Bonchev–Trinajstić information content (AvgIpc) is 3.09. The molecule has 0 atom stereocenters. The van der Waals surface area contributed by atoms with E-state index in [-0.39, 0.29) is 0 Å². The van der Waals surface area contributed by atoms with Crippen LogP contribution in [0.4, 0.5) is 0 Å². The van der Waals surface area contributed by atoms with E-state index < -0.39 is 0 Å². The predicted molar refractivity (Wildman–Crippen MR) is 95.8 cm³/mol. The van der Waals surface area contributed by atoms with Gasteiger partial charge in [-0.1, -0.05) is 41.0 Å². The largest absolute Gasteiger partial charge is 0.479 e. The number of aryl methyl sites for hydroxylation is 1. The molecule has 2 aromatic heterocycles. The number of ether oxygens (including phenoxy) is 1. The van der Waals surface area contributed by atoms with Crippen LogP contribution in [0.5, 0.6) is 5.88 Å². The Hall–Kier alpha value is -1.70. The van der Waals surface area contributed by atoms with Gasteiger partial charge in [0, 0.05) is 36.1 Å². The van der Waals surface area contributed by atoms with Crippen molar-refractivity contribution in [1.82, 2.24) is 24.5 Å². The Bertz CT molecular complexity index is 877. The fraction of sp³-hybridized carbons (Fsp3) is 0.267. The lowest BCUT2D eigenvalue weighted by atomic mass is 10.2. The van der Waals surface area contributed by atoms with Crippen molar-refractivity contribution in [3.05, 3.63) is 40.0 Å². The molecule has 0 unspecified atom stereocenters. The number of hydrogen-bond donors (Lipinski definition) is 0. The molecule has 0 aliphatic heterocycles. The first-order valence-corrected chi connectivity index (χ1v) is 8.78. The van der Waals surface area contributed by atoms with E-state index in [4.69, 9.17) is 27.9 Å². The van der Waals surface area contributed by atoms with Crippen LogP contribution in [0.1, 0.15) is 5.56 Å². The third kappa shape index (κ3) is 3.38. The van der Waals surface area contributed by atoms with E-state index in [0.29, 0.717) is 27.5 Å². The van der Waals surface area contributed by atoms with Crippen molar-refractivity contribution in [3.8, 4) is 17.3 Å². The van der Waals surface area contributed by atoms with E-state index in [1.165, 1.54) is 0 Å². The Morgan fingerprint density at radius 1 is 1.21 bits per heavy atom. The van der Waals surface area contributed by atoms with Crippen molar-refractivity contribution in [2.45, 2.75) is 10.9 Å². The molecule has 3 rings (SSSR count). The standard InChI is InChI=1S/C15H15Cl2N5OS/c1-21-7-11(14(20-21)23-3)13-18-19-15(22(13)2)24-8-9-4-5-10(16)6-12(9)17/h4-7H,8H2,1-3H3. The first-order chi connectivity index (χ1) is 11.5. The summed E-state index contributed by atoms with van der Waals surface area (Å²) in [6, 6.07) is 5.48. The molecule has 126 valence electrons. The highest BCUT2D eigenvalue weighted by Crippen LogP contribution is 2.31. The monoisotopic (exact) mass is 383 g/mol. The molecule has 2 heterocycles. The fourth-order valence-corrected chi connectivity index (χ4v) is 3.70. The molecule has 0 aliphatic carbocycles. The molecule has 3 aromatic rings. The molecule has 0 saturated heterocycles. The molecular formula is C15H15Cl2N5OS. The summed E-state index contributed by atoms with van der Waals surface area (Å²) in [5, 5.41) is 14.8. The van der Waals surface area contributed by atoms with Gasteiger partial charge in [-0.25, -0.2) is 0 Å². The van der Waals surface area contributed by atoms with E-state index in [1.54, 1.807) is 29.6 Å². The number of benzene rings is 1. The van der Waals surface area contributed by atoms with Gasteiger partial charge < -0.3 is 9.30 Å². The zero-order chi connectivity index (χ0) is 17.3. The lowest BCUT2D eigenvalue weighted by Gasteiger charge is -2.05. The number of thioether (sulfide) groups is 1. The van der Waals surface area contributed by atoms with Crippen LogP contribution in [0.25, 0.3) is 11.4 Å². The molecule has 0 radical (unpaired) electrons. The number of rotatable bonds is 5. The molecule has 0 saturated carbocycles. The smallest absolute Gasteiger partial charge is 0.243 e. The Balaban J connectivity index is 1.82.